The first-order valence-corrected chi connectivity index (χ1v) is 13.8. The zero-order valence-corrected chi connectivity index (χ0v) is 27.7. The Morgan fingerprint density at radius 2 is 0.806 bits per heavy atom. The van der Waals surface area contributed by atoms with E-state index in [2.05, 4.69) is 48.5 Å². The van der Waals surface area contributed by atoms with Gasteiger partial charge >= 0.3 is 17.9 Å². The Bertz CT molecular complexity index is 512. The predicted octanol–water partition coefficient (Wildman–Crippen LogP) is 8.81. The average Bonchev–Trinajstić information content (AvgIpc) is 2.69. The van der Waals surface area contributed by atoms with Gasteiger partial charge in [0.1, 0.15) is 0 Å². The van der Waals surface area contributed by atoms with Crippen LogP contribution in [-0.4, -0.2) is 33.2 Å². The molecule has 0 saturated heterocycles. The van der Waals surface area contributed by atoms with Crippen molar-refractivity contribution in [3.05, 3.63) is 0 Å². The standard InChI is InChI=1S/2C10H20O2.C9H18O2.Ce/c1-10(2,3)8-6-4-5-7-9(11)12;1-9(2)7-5-3-4-6-8-10(11)12;1-8(2)6-4-3-5-7-9(10)11;/h4-8H2,1-3H3,(H,11,12);9H,3-8H2,1-2H3,(H,11,12);8H,3-7H2,1-2H3,(H,10,11);. The van der Waals surface area contributed by atoms with Gasteiger partial charge in [-0.1, -0.05) is 106 Å². The number of hydrogen-bond acceptors (Lipinski definition) is 3. The monoisotopic (exact) mass is 642 g/mol. The molecule has 0 saturated carbocycles. The third-order valence-electron chi connectivity index (χ3n) is 5.41. The SMILES string of the molecule is CC(C)(C)CCCCCC(=O)O.CC(C)CCCCCC(=O)O.CC(C)CCCCCCC(=O)O.[Ce]. The molecule has 0 aromatic heterocycles. The van der Waals surface area contributed by atoms with E-state index in [1.807, 2.05) is 0 Å². The van der Waals surface area contributed by atoms with Crippen LogP contribution < -0.4 is 0 Å². The van der Waals surface area contributed by atoms with Crippen LogP contribution in [0.3, 0.4) is 0 Å². The summed E-state index contributed by atoms with van der Waals surface area (Å²) in [5.41, 5.74) is 0.392. The van der Waals surface area contributed by atoms with Gasteiger partial charge in [-0.05, 0) is 42.9 Å². The first kappa shape index (κ1) is 42.9. The van der Waals surface area contributed by atoms with Gasteiger partial charge in [0.05, 0.1) is 0 Å². The quantitative estimate of drug-likeness (QED) is 0.129. The van der Waals surface area contributed by atoms with Gasteiger partial charge in [-0.25, -0.2) is 0 Å². The minimum atomic E-state index is -0.675. The van der Waals surface area contributed by atoms with Crippen molar-refractivity contribution >= 4 is 17.9 Å². The van der Waals surface area contributed by atoms with Crippen LogP contribution in [0.5, 0.6) is 0 Å². The van der Waals surface area contributed by atoms with Gasteiger partial charge in [-0.3, -0.25) is 14.4 Å². The molecular formula is C29H58CeO6. The Balaban J connectivity index is -0.000000211. The van der Waals surface area contributed by atoms with E-state index in [1.165, 1.54) is 38.5 Å². The second kappa shape index (κ2) is 29.3. The summed E-state index contributed by atoms with van der Waals surface area (Å²) >= 11 is 0. The van der Waals surface area contributed by atoms with E-state index >= 15 is 0 Å². The number of carboxylic acids is 3. The Kier molecular flexibility index (Phi) is 34.9. The van der Waals surface area contributed by atoms with Crippen LogP contribution in [0.4, 0.5) is 0 Å². The normalized spacial score (nSPS) is 10.6. The molecule has 6 nitrogen and oxygen atoms in total. The number of carbonyl (C=O) groups is 3. The minimum Gasteiger partial charge on any atom is -0.481 e. The van der Waals surface area contributed by atoms with Crippen LogP contribution in [-0.2, 0) is 14.4 Å². The summed E-state index contributed by atoms with van der Waals surface area (Å²) in [7, 11) is 0. The van der Waals surface area contributed by atoms with Crippen molar-refractivity contribution in [3.8, 4) is 0 Å². The predicted molar refractivity (Wildman–Crippen MR) is 146 cm³/mol. The molecule has 7 heteroatoms. The van der Waals surface area contributed by atoms with Gasteiger partial charge in [0, 0.05) is 61.0 Å². The van der Waals surface area contributed by atoms with Gasteiger partial charge in [0.25, 0.3) is 0 Å². The molecule has 36 heavy (non-hydrogen) atoms. The molecule has 0 heterocycles. The minimum absolute atomic E-state index is 0. The number of rotatable bonds is 18. The van der Waals surface area contributed by atoms with E-state index in [-0.39, 0.29) is 41.7 Å². The molecule has 0 unspecified atom stereocenters. The molecule has 0 aromatic carbocycles. The summed E-state index contributed by atoms with van der Waals surface area (Å²) in [6.07, 6.45) is 15.1. The Labute approximate surface area is 256 Å². The Hall–Kier alpha value is -0.213. The van der Waals surface area contributed by atoms with Crippen molar-refractivity contribution in [2.45, 2.75) is 151 Å². The van der Waals surface area contributed by atoms with Crippen molar-refractivity contribution in [1.82, 2.24) is 0 Å². The van der Waals surface area contributed by atoms with Gasteiger partial charge in [-0.2, -0.15) is 0 Å². The van der Waals surface area contributed by atoms with Crippen molar-refractivity contribution in [2.24, 2.45) is 17.3 Å². The molecule has 0 spiro atoms. The maximum absolute atomic E-state index is 10.2. The number of hydrogen-bond donors (Lipinski definition) is 3. The topological polar surface area (TPSA) is 112 Å². The molecule has 0 atom stereocenters. The summed E-state index contributed by atoms with van der Waals surface area (Å²) in [5, 5.41) is 25.1. The Morgan fingerprint density at radius 1 is 0.528 bits per heavy atom. The molecule has 0 bridgehead atoms. The molecule has 0 aliphatic carbocycles. The van der Waals surface area contributed by atoms with Gasteiger partial charge in [0.15, 0.2) is 0 Å². The fourth-order valence-electron chi connectivity index (χ4n) is 3.30. The Morgan fingerprint density at radius 3 is 1.08 bits per heavy atom. The fraction of sp³-hybridized carbons (Fsp3) is 0.897. The van der Waals surface area contributed by atoms with Crippen molar-refractivity contribution in [3.63, 3.8) is 0 Å². The van der Waals surface area contributed by atoms with E-state index in [4.69, 9.17) is 15.3 Å². The van der Waals surface area contributed by atoms with Gasteiger partial charge in [-0.15, -0.1) is 0 Å². The zero-order valence-electron chi connectivity index (χ0n) is 24.5. The summed E-state index contributed by atoms with van der Waals surface area (Å²) in [5.74, 6) is -0.483. The van der Waals surface area contributed by atoms with Crippen LogP contribution >= 0.6 is 0 Å². The molecule has 0 rings (SSSR count). The maximum atomic E-state index is 10.2. The maximum Gasteiger partial charge on any atom is 0.303 e. The van der Waals surface area contributed by atoms with Crippen molar-refractivity contribution in [2.75, 3.05) is 0 Å². The van der Waals surface area contributed by atoms with Crippen molar-refractivity contribution in [1.29, 1.82) is 0 Å². The van der Waals surface area contributed by atoms with Gasteiger partial charge < -0.3 is 15.3 Å². The molecular weight excluding hydrogens is 584 g/mol. The second-order valence-electron chi connectivity index (χ2n) is 11.6. The summed E-state index contributed by atoms with van der Waals surface area (Å²) in [4.78, 5) is 30.4. The first-order valence-electron chi connectivity index (χ1n) is 13.8. The molecule has 0 aromatic rings. The number of carboxylic acid groups (broad SMARTS) is 3. The molecule has 214 valence electrons. The number of aliphatic carboxylic acids is 3. The number of unbranched alkanes of at least 4 members (excludes halogenated alkanes) is 7. The smallest absolute Gasteiger partial charge is 0.303 e. The van der Waals surface area contributed by atoms with Crippen LogP contribution in [0, 0.1) is 59.0 Å². The second-order valence-corrected chi connectivity index (χ2v) is 11.6. The fourth-order valence-corrected chi connectivity index (χ4v) is 3.30. The summed E-state index contributed by atoms with van der Waals surface area (Å²) in [6.45, 7) is 15.5. The van der Waals surface area contributed by atoms with E-state index in [1.54, 1.807) is 0 Å². The molecule has 0 aliphatic rings. The van der Waals surface area contributed by atoms with Crippen LogP contribution in [0.2, 0.25) is 0 Å². The summed E-state index contributed by atoms with van der Waals surface area (Å²) in [6, 6.07) is 0. The molecule has 0 radical (unpaired) electrons. The van der Waals surface area contributed by atoms with Crippen LogP contribution in [0.1, 0.15) is 151 Å². The third kappa shape index (κ3) is 54.6. The zero-order chi connectivity index (χ0) is 27.7. The first-order chi connectivity index (χ1) is 16.2. The third-order valence-corrected chi connectivity index (χ3v) is 5.41. The van der Waals surface area contributed by atoms with Crippen LogP contribution in [0.25, 0.3) is 0 Å². The molecule has 0 aliphatic heterocycles. The van der Waals surface area contributed by atoms with E-state index in [9.17, 15) is 14.4 Å². The molecule has 0 amide bonds. The van der Waals surface area contributed by atoms with E-state index < -0.39 is 17.9 Å². The van der Waals surface area contributed by atoms with Crippen molar-refractivity contribution < 1.29 is 71.5 Å². The summed E-state index contributed by atoms with van der Waals surface area (Å²) < 4.78 is 0. The average molecular weight is 643 g/mol. The van der Waals surface area contributed by atoms with E-state index in [0.717, 1.165) is 56.8 Å². The van der Waals surface area contributed by atoms with Gasteiger partial charge in [0.2, 0.25) is 0 Å². The molecule has 0 fully saturated rings. The van der Waals surface area contributed by atoms with Crippen LogP contribution in [0.15, 0.2) is 0 Å². The largest absolute Gasteiger partial charge is 0.481 e. The van der Waals surface area contributed by atoms with E-state index in [0.29, 0.717) is 24.7 Å². The molecule has 3 N–H and O–H groups in total.